The lowest BCUT2D eigenvalue weighted by molar-refractivity contribution is -0.384. The molecule has 0 saturated carbocycles. The SMILES string of the molecule is CCCCNCCOC(=O)c1ccc([N+](=O)[O-])cc1. The number of hydrogen-bond donors (Lipinski definition) is 1. The summed E-state index contributed by atoms with van der Waals surface area (Å²) in [6.45, 7) is 3.92. The van der Waals surface area contributed by atoms with E-state index in [0.29, 0.717) is 18.7 Å². The Hall–Kier alpha value is -1.95. The number of nitrogens with zero attached hydrogens (tertiary/aromatic N) is 1. The number of nitro benzene ring substituents is 1. The molecule has 0 spiro atoms. The average molecular weight is 266 g/mol. The number of unbranched alkanes of at least 4 members (excludes halogenated alkanes) is 1. The lowest BCUT2D eigenvalue weighted by Gasteiger charge is -2.06. The van der Waals surface area contributed by atoms with Crippen molar-refractivity contribution in [1.29, 1.82) is 0 Å². The molecule has 0 bridgehead atoms. The van der Waals surface area contributed by atoms with Gasteiger partial charge < -0.3 is 10.1 Å². The summed E-state index contributed by atoms with van der Waals surface area (Å²) in [5.41, 5.74) is 0.275. The molecule has 0 aliphatic rings. The number of non-ortho nitro benzene ring substituents is 1. The Morgan fingerprint density at radius 2 is 2.00 bits per heavy atom. The summed E-state index contributed by atoms with van der Waals surface area (Å²) < 4.78 is 5.04. The third-order valence-corrected chi connectivity index (χ3v) is 2.53. The first-order valence-electron chi connectivity index (χ1n) is 6.27. The number of carbonyl (C=O) groups is 1. The highest BCUT2D eigenvalue weighted by Gasteiger charge is 2.10. The monoisotopic (exact) mass is 266 g/mol. The second kappa shape index (κ2) is 8.20. The minimum atomic E-state index is -0.507. The predicted molar refractivity (Wildman–Crippen MR) is 71.2 cm³/mol. The Kier molecular flexibility index (Phi) is 6.52. The lowest BCUT2D eigenvalue weighted by Crippen LogP contribution is -2.22. The molecule has 0 atom stereocenters. The van der Waals surface area contributed by atoms with Gasteiger partial charge in [0.15, 0.2) is 0 Å². The van der Waals surface area contributed by atoms with Crippen molar-refractivity contribution in [1.82, 2.24) is 5.32 Å². The normalized spacial score (nSPS) is 10.2. The quantitative estimate of drug-likeness (QED) is 0.337. The number of ether oxygens (including phenoxy) is 1. The summed E-state index contributed by atoms with van der Waals surface area (Å²) in [7, 11) is 0. The molecule has 1 aromatic rings. The molecule has 6 heteroatoms. The molecule has 0 amide bonds. The fourth-order valence-corrected chi connectivity index (χ4v) is 1.45. The number of hydrogen-bond acceptors (Lipinski definition) is 5. The van der Waals surface area contributed by atoms with E-state index < -0.39 is 10.9 Å². The lowest BCUT2D eigenvalue weighted by atomic mass is 10.2. The second-order valence-electron chi connectivity index (χ2n) is 4.04. The molecule has 0 fully saturated rings. The number of carbonyl (C=O) groups excluding carboxylic acids is 1. The Balaban J connectivity index is 2.31. The van der Waals surface area contributed by atoms with Gasteiger partial charge in [-0.25, -0.2) is 4.79 Å². The Bertz CT molecular complexity index is 417. The molecule has 1 N–H and O–H groups in total. The van der Waals surface area contributed by atoms with Crippen LogP contribution in [0, 0.1) is 10.1 Å². The zero-order valence-corrected chi connectivity index (χ0v) is 10.9. The second-order valence-corrected chi connectivity index (χ2v) is 4.04. The maximum absolute atomic E-state index is 11.6. The van der Waals surface area contributed by atoms with Crippen LogP contribution in [0.3, 0.4) is 0 Å². The van der Waals surface area contributed by atoms with Crippen LogP contribution in [-0.2, 0) is 4.74 Å². The zero-order chi connectivity index (χ0) is 14.1. The van der Waals surface area contributed by atoms with Gasteiger partial charge in [0.05, 0.1) is 10.5 Å². The van der Waals surface area contributed by atoms with Gasteiger partial charge in [0.1, 0.15) is 6.61 Å². The molecule has 6 nitrogen and oxygen atoms in total. The van der Waals surface area contributed by atoms with Crippen molar-refractivity contribution in [2.75, 3.05) is 19.7 Å². The fourth-order valence-electron chi connectivity index (χ4n) is 1.45. The number of rotatable bonds is 8. The van der Waals surface area contributed by atoms with E-state index >= 15 is 0 Å². The van der Waals surface area contributed by atoms with Crippen LogP contribution in [-0.4, -0.2) is 30.6 Å². The molecular weight excluding hydrogens is 248 g/mol. The minimum Gasteiger partial charge on any atom is -0.461 e. The molecule has 0 unspecified atom stereocenters. The molecule has 0 aliphatic heterocycles. The minimum absolute atomic E-state index is 0.0437. The third-order valence-electron chi connectivity index (χ3n) is 2.53. The number of benzene rings is 1. The summed E-state index contributed by atoms with van der Waals surface area (Å²) >= 11 is 0. The topological polar surface area (TPSA) is 81.5 Å². The Morgan fingerprint density at radius 3 is 2.58 bits per heavy atom. The van der Waals surface area contributed by atoms with Gasteiger partial charge in [-0.05, 0) is 25.1 Å². The molecular formula is C13H18N2O4. The van der Waals surface area contributed by atoms with E-state index in [9.17, 15) is 14.9 Å². The molecule has 19 heavy (non-hydrogen) atoms. The van der Waals surface area contributed by atoms with Gasteiger partial charge >= 0.3 is 5.97 Å². The molecule has 0 heterocycles. The van der Waals surface area contributed by atoms with Crippen molar-refractivity contribution >= 4 is 11.7 Å². The standard InChI is InChI=1S/C13H18N2O4/c1-2-3-8-14-9-10-19-13(16)11-4-6-12(7-5-11)15(17)18/h4-7,14H,2-3,8-10H2,1H3. The Labute approximate surface area is 111 Å². The van der Waals surface area contributed by atoms with Gasteiger partial charge in [0.2, 0.25) is 0 Å². The number of nitrogens with one attached hydrogen (secondary N) is 1. The van der Waals surface area contributed by atoms with Gasteiger partial charge in [-0.3, -0.25) is 10.1 Å². The van der Waals surface area contributed by atoms with Crippen molar-refractivity contribution in [3.8, 4) is 0 Å². The van der Waals surface area contributed by atoms with Crippen LogP contribution in [0.25, 0.3) is 0 Å². The highest BCUT2D eigenvalue weighted by Crippen LogP contribution is 2.12. The fraction of sp³-hybridized carbons (Fsp3) is 0.462. The van der Waals surface area contributed by atoms with E-state index in [2.05, 4.69) is 12.2 Å². The van der Waals surface area contributed by atoms with Crippen molar-refractivity contribution in [3.63, 3.8) is 0 Å². The molecule has 0 aromatic heterocycles. The van der Waals surface area contributed by atoms with Crippen LogP contribution in [0.15, 0.2) is 24.3 Å². The Morgan fingerprint density at radius 1 is 1.32 bits per heavy atom. The predicted octanol–water partition coefficient (Wildman–Crippen LogP) is 2.14. The summed E-state index contributed by atoms with van der Waals surface area (Å²) in [4.78, 5) is 21.5. The molecule has 104 valence electrons. The average Bonchev–Trinajstić information content (AvgIpc) is 2.42. The van der Waals surface area contributed by atoms with Gasteiger partial charge in [-0.1, -0.05) is 13.3 Å². The van der Waals surface area contributed by atoms with E-state index in [0.717, 1.165) is 19.4 Å². The largest absolute Gasteiger partial charge is 0.461 e. The zero-order valence-electron chi connectivity index (χ0n) is 10.9. The van der Waals surface area contributed by atoms with Gasteiger partial charge in [0.25, 0.3) is 5.69 Å². The summed E-state index contributed by atoms with van der Waals surface area (Å²) in [5.74, 6) is -0.466. The van der Waals surface area contributed by atoms with Crippen molar-refractivity contribution in [3.05, 3.63) is 39.9 Å². The van der Waals surface area contributed by atoms with Crippen LogP contribution in [0.1, 0.15) is 30.1 Å². The van der Waals surface area contributed by atoms with Crippen LogP contribution >= 0.6 is 0 Å². The molecule has 1 aromatic carbocycles. The third kappa shape index (κ3) is 5.48. The van der Waals surface area contributed by atoms with Gasteiger partial charge in [-0.15, -0.1) is 0 Å². The van der Waals surface area contributed by atoms with Crippen LogP contribution in [0.2, 0.25) is 0 Å². The molecule has 0 saturated heterocycles. The maximum Gasteiger partial charge on any atom is 0.338 e. The van der Waals surface area contributed by atoms with E-state index in [1.165, 1.54) is 24.3 Å². The van der Waals surface area contributed by atoms with Crippen molar-refractivity contribution in [2.45, 2.75) is 19.8 Å². The summed E-state index contributed by atoms with van der Waals surface area (Å²) in [6.07, 6.45) is 2.21. The van der Waals surface area contributed by atoms with E-state index in [-0.39, 0.29) is 5.69 Å². The van der Waals surface area contributed by atoms with Crippen molar-refractivity contribution in [2.24, 2.45) is 0 Å². The van der Waals surface area contributed by atoms with Crippen LogP contribution in [0.5, 0.6) is 0 Å². The first kappa shape index (κ1) is 15.1. The van der Waals surface area contributed by atoms with E-state index in [1.807, 2.05) is 0 Å². The number of nitro groups is 1. The molecule has 0 aliphatic carbocycles. The van der Waals surface area contributed by atoms with Crippen LogP contribution < -0.4 is 5.32 Å². The van der Waals surface area contributed by atoms with Gasteiger partial charge in [0, 0.05) is 18.7 Å². The van der Waals surface area contributed by atoms with Gasteiger partial charge in [-0.2, -0.15) is 0 Å². The number of esters is 1. The smallest absolute Gasteiger partial charge is 0.338 e. The highest BCUT2D eigenvalue weighted by atomic mass is 16.6. The summed E-state index contributed by atoms with van der Waals surface area (Å²) in [5, 5.41) is 13.6. The van der Waals surface area contributed by atoms with E-state index in [1.54, 1.807) is 0 Å². The highest BCUT2D eigenvalue weighted by molar-refractivity contribution is 5.89. The van der Waals surface area contributed by atoms with E-state index in [4.69, 9.17) is 4.74 Å². The first-order chi connectivity index (χ1) is 9.15. The molecule has 0 radical (unpaired) electrons. The summed E-state index contributed by atoms with van der Waals surface area (Å²) in [6, 6.07) is 5.36. The maximum atomic E-state index is 11.6. The first-order valence-corrected chi connectivity index (χ1v) is 6.27. The molecule has 1 rings (SSSR count). The van der Waals surface area contributed by atoms with Crippen LogP contribution in [0.4, 0.5) is 5.69 Å². The van der Waals surface area contributed by atoms with Crippen molar-refractivity contribution < 1.29 is 14.5 Å².